The fourth-order valence-electron chi connectivity index (χ4n) is 3.45. The van der Waals surface area contributed by atoms with Crippen LogP contribution in [0.5, 0.6) is 5.75 Å². The van der Waals surface area contributed by atoms with Crippen LogP contribution in [0.4, 0.5) is 13.6 Å². The lowest BCUT2D eigenvalue weighted by molar-refractivity contribution is 0.0818. The van der Waals surface area contributed by atoms with Gasteiger partial charge in [0.05, 0.1) is 4.90 Å². The van der Waals surface area contributed by atoms with Gasteiger partial charge in [-0.05, 0) is 48.7 Å². The largest absolute Gasteiger partial charge is 0.488 e. The number of alkyl halides is 2. The summed E-state index contributed by atoms with van der Waals surface area (Å²) in [5.41, 5.74) is 2.27. The monoisotopic (exact) mass is 467 g/mol. The quantitative estimate of drug-likeness (QED) is 0.679. The molecule has 0 bridgehead atoms. The van der Waals surface area contributed by atoms with Crippen LogP contribution in [0.15, 0.2) is 47.4 Å². The summed E-state index contributed by atoms with van der Waals surface area (Å²) < 4.78 is 57.0. The van der Waals surface area contributed by atoms with Crippen LogP contribution in [0, 0.1) is 13.8 Å². The average molecular weight is 468 g/mol. The maximum atomic E-state index is 13.0. The second-order valence-electron chi connectivity index (χ2n) is 7.67. The van der Waals surface area contributed by atoms with E-state index in [4.69, 9.17) is 4.74 Å². The van der Waals surface area contributed by atoms with E-state index in [1.54, 1.807) is 48.2 Å². The zero-order valence-corrected chi connectivity index (χ0v) is 18.9. The van der Waals surface area contributed by atoms with Crippen molar-refractivity contribution in [3.63, 3.8) is 0 Å². The first-order valence-corrected chi connectivity index (χ1v) is 11.7. The van der Waals surface area contributed by atoms with Gasteiger partial charge in [-0.15, -0.1) is 0 Å². The molecule has 1 heterocycles. The van der Waals surface area contributed by atoms with Gasteiger partial charge in [0.25, 0.3) is 6.43 Å². The van der Waals surface area contributed by atoms with Gasteiger partial charge >= 0.3 is 6.03 Å². The van der Waals surface area contributed by atoms with Crippen molar-refractivity contribution in [2.24, 2.45) is 0 Å². The number of rotatable bonds is 7. The number of aryl methyl sites for hydroxylation is 2. The Morgan fingerprint density at radius 2 is 1.81 bits per heavy atom. The van der Waals surface area contributed by atoms with Gasteiger partial charge in [0.2, 0.25) is 10.0 Å². The topological polar surface area (TPSA) is 79.0 Å². The van der Waals surface area contributed by atoms with E-state index in [9.17, 15) is 22.0 Å². The van der Waals surface area contributed by atoms with Crippen LogP contribution in [-0.2, 0) is 16.6 Å². The Balaban J connectivity index is 1.53. The first kappa shape index (κ1) is 23.9. The maximum absolute atomic E-state index is 13.0. The summed E-state index contributed by atoms with van der Waals surface area (Å²) in [7, 11) is -3.63. The van der Waals surface area contributed by atoms with Gasteiger partial charge in [-0.25, -0.2) is 22.0 Å². The summed E-state index contributed by atoms with van der Waals surface area (Å²) in [6, 6.07) is 11.6. The number of urea groups is 1. The van der Waals surface area contributed by atoms with E-state index in [1.165, 1.54) is 4.31 Å². The van der Waals surface area contributed by atoms with Gasteiger partial charge < -0.3 is 15.0 Å². The van der Waals surface area contributed by atoms with Gasteiger partial charge in [0.15, 0.2) is 0 Å². The predicted molar refractivity (Wildman–Crippen MR) is 116 cm³/mol. The number of ether oxygens (including phenoxy) is 1. The SMILES string of the molecule is Cc1ccc(C)c(S(=O)(=O)N2CCN(C(=O)NCc3cccc(OCC(F)F)c3)CC2)c1. The summed E-state index contributed by atoms with van der Waals surface area (Å²) >= 11 is 0. The second kappa shape index (κ2) is 10.3. The molecule has 1 fully saturated rings. The Morgan fingerprint density at radius 3 is 2.50 bits per heavy atom. The van der Waals surface area contributed by atoms with Crippen LogP contribution >= 0.6 is 0 Å². The van der Waals surface area contributed by atoms with Crippen molar-refractivity contribution in [2.45, 2.75) is 31.7 Å². The molecule has 10 heteroatoms. The zero-order valence-electron chi connectivity index (χ0n) is 18.1. The number of carbonyl (C=O) groups is 1. The van der Waals surface area contributed by atoms with Crippen molar-refractivity contribution in [1.29, 1.82) is 0 Å². The molecule has 0 atom stereocenters. The van der Waals surface area contributed by atoms with Crippen molar-refractivity contribution >= 4 is 16.1 Å². The third-order valence-corrected chi connectivity index (χ3v) is 7.25. The van der Waals surface area contributed by atoms with Crippen molar-refractivity contribution in [1.82, 2.24) is 14.5 Å². The van der Waals surface area contributed by atoms with Crippen molar-refractivity contribution in [3.05, 3.63) is 59.2 Å². The number of sulfonamides is 1. The molecule has 0 unspecified atom stereocenters. The molecule has 3 rings (SSSR count). The van der Waals surface area contributed by atoms with E-state index in [2.05, 4.69) is 5.32 Å². The Hall–Kier alpha value is -2.72. The van der Waals surface area contributed by atoms with E-state index in [0.29, 0.717) is 21.8 Å². The average Bonchev–Trinajstić information content (AvgIpc) is 2.78. The molecular formula is C22H27F2N3O4S. The highest BCUT2D eigenvalue weighted by molar-refractivity contribution is 7.89. The molecule has 2 aromatic rings. The van der Waals surface area contributed by atoms with Crippen LogP contribution in [-0.4, -0.2) is 62.9 Å². The number of amides is 2. The molecule has 1 saturated heterocycles. The molecule has 32 heavy (non-hydrogen) atoms. The minimum atomic E-state index is -3.63. The van der Waals surface area contributed by atoms with Crippen LogP contribution in [0.25, 0.3) is 0 Å². The molecule has 7 nitrogen and oxygen atoms in total. The summed E-state index contributed by atoms with van der Waals surface area (Å²) in [6.07, 6.45) is -2.56. The molecule has 174 valence electrons. The summed E-state index contributed by atoms with van der Waals surface area (Å²) in [4.78, 5) is 14.4. The zero-order chi connectivity index (χ0) is 23.3. The van der Waals surface area contributed by atoms with E-state index in [1.807, 2.05) is 13.0 Å². The smallest absolute Gasteiger partial charge is 0.317 e. The van der Waals surface area contributed by atoms with Gasteiger partial charge in [-0.3, -0.25) is 0 Å². The lowest BCUT2D eigenvalue weighted by atomic mass is 10.2. The molecule has 0 spiro atoms. The summed E-state index contributed by atoms with van der Waals surface area (Å²) in [5.74, 6) is 0.308. The highest BCUT2D eigenvalue weighted by Crippen LogP contribution is 2.22. The number of hydrogen-bond acceptors (Lipinski definition) is 4. The Morgan fingerprint density at radius 1 is 1.09 bits per heavy atom. The van der Waals surface area contributed by atoms with Crippen LogP contribution in [0.3, 0.4) is 0 Å². The molecule has 1 N–H and O–H groups in total. The van der Waals surface area contributed by atoms with Crippen molar-refractivity contribution in [3.8, 4) is 5.75 Å². The molecule has 2 aromatic carbocycles. The molecule has 1 aliphatic rings. The molecule has 0 saturated carbocycles. The predicted octanol–water partition coefficient (Wildman–Crippen LogP) is 3.16. The molecule has 0 aliphatic carbocycles. The molecule has 0 aromatic heterocycles. The van der Waals surface area contributed by atoms with Gasteiger partial charge in [0, 0.05) is 32.7 Å². The first-order chi connectivity index (χ1) is 15.2. The summed E-state index contributed by atoms with van der Waals surface area (Å²) in [6.45, 7) is 4.09. The lowest BCUT2D eigenvalue weighted by Gasteiger charge is -2.34. The van der Waals surface area contributed by atoms with Crippen molar-refractivity contribution in [2.75, 3.05) is 32.8 Å². The number of halogens is 2. The lowest BCUT2D eigenvalue weighted by Crippen LogP contribution is -2.53. The van der Waals surface area contributed by atoms with Crippen LogP contribution in [0.1, 0.15) is 16.7 Å². The van der Waals surface area contributed by atoms with Gasteiger partial charge in [-0.2, -0.15) is 4.31 Å². The highest BCUT2D eigenvalue weighted by atomic mass is 32.2. The van der Waals surface area contributed by atoms with Gasteiger partial charge in [0.1, 0.15) is 12.4 Å². The third-order valence-electron chi connectivity index (χ3n) is 5.21. The molecule has 2 amide bonds. The fourth-order valence-corrected chi connectivity index (χ4v) is 5.18. The number of piperazine rings is 1. The van der Waals surface area contributed by atoms with E-state index < -0.39 is 23.1 Å². The number of hydrogen-bond donors (Lipinski definition) is 1. The maximum Gasteiger partial charge on any atom is 0.317 e. The highest BCUT2D eigenvalue weighted by Gasteiger charge is 2.31. The van der Waals surface area contributed by atoms with E-state index >= 15 is 0 Å². The van der Waals surface area contributed by atoms with Gasteiger partial charge in [-0.1, -0.05) is 24.3 Å². The van der Waals surface area contributed by atoms with Crippen molar-refractivity contribution < 1.29 is 26.7 Å². The van der Waals surface area contributed by atoms with E-state index in [-0.39, 0.29) is 38.8 Å². The minimum absolute atomic E-state index is 0.200. The Kier molecular flexibility index (Phi) is 7.68. The minimum Gasteiger partial charge on any atom is -0.488 e. The Bertz CT molecular complexity index is 1050. The first-order valence-electron chi connectivity index (χ1n) is 10.3. The molecular weight excluding hydrogens is 440 g/mol. The standard InChI is InChI=1S/C22H27F2N3O4S/c1-16-6-7-17(2)20(12-16)32(29,30)27-10-8-26(9-11-27)22(28)25-14-18-4-3-5-19(13-18)31-15-21(23)24/h3-7,12-13,21H,8-11,14-15H2,1-2H3,(H,25,28). The normalized spacial score (nSPS) is 15.1. The second-order valence-corrected chi connectivity index (χ2v) is 9.57. The molecule has 1 aliphatic heterocycles. The fraction of sp³-hybridized carbons (Fsp3) is 0.409. The number of nitrogens with zero attached hydrogens (tertiary/aromatic N) is 2. The van der Waals surface area contributed by atoms with Crippen LogP contribution in [0.2, 0.25) is 0 Å². The summed E-state index contributed by atoms with van der Waals surface area (Å²) in [5, 5.41) is 2.78. The number of carbonyl (C=O) groups excluding carboxylic acids is 1. The number of nitrogens with one attached hydrogen (secondary N) is 1. The Labute approximate surface area is 187 Å². The third kappa shape index (κ3) is 5.95. The number of benzene rings is 2. The van der Waals surface area contributed by atoms with Crippen LogP contribution < -0.4 is 10.1 Å². The molecule has 0 radical (unpaired) electrons. The van der Waals surface area contributed by atoms with E-state index in [0.717, 1.165) is 5.56 Å².